The zero-order valence-corrected chi connectivity index (χ0v) is 40.2. The Morgan fingerprint density at radius 3 is 1.28 bits per heavy atom. The first kappa shape index (κ1) is 57.2. The van der Waals surface area contributed by atoms with Gasteiger partial charge in [0.15, 0.2) is 0 Å². The number of allylic oxidation sites excluding steroid dienone is 1. The number of phosphoric acid groups is 1. The van der Waals surface area contributed by atoms with Crippen molar-refractivity contribution in [3.8, 4) is 0 Å². The first-order chi connectivity index (χ1) is 28.0. The van der Waals surface area contributed by atoms with E-state index < -0.39 is 20.0 Å². The number of hydrogen-bond donors (Lipinski definition) is 3. The average molecular weight is 844 g/mol. The van der Waals surface area contributed by atoms with Crippen molar-refractivity contribution in [2.45, 2.75) is 257 Å². The smallest absolute Gasteiger partial charge is 0.387 e. The molecule has 3 N–H and O–H groups in total. The number of unbranched alkanes of at least 4 members (excludes halogenated alkanes) is 33. The summed E-state index contributed by atoms with van der Waals surface area (Å²) in [6, 6.07) is -0.838. The van der Waals surface area contributed by atoms with Crippen LogP contribution in [0.1, 0.15) is 245 Å². The molecule has 0 aromatic heterocycles. The quantitative estimate of drug-likeness (QED) is 0.0244. The highest BCUT2D eigenvalue weighted by molar-refractivity contribution is 7.47. The molecule has 0 radical (unpaired) electrons. The average Bonchev–Trinajstić information content (AvgIpc) is 3.17. The van der Waals surface area contributed by atoms with Crippen LogP contribution in [-0.2, 0) is 18.4 Å². The predicted molar refractivity (Wildman–Crippen MR) is 249 cm³/mol. The van der Waals surface area contributed by atoms with E-state index in [4.69, 9.17) is 9.05 Å². The summed E-state index contributed by atoms with van der Waals surface area (Å²) in [5.41, 5.74) is 0. The van der Waals surface area contributed by atoms with Crippen LogP contribution < -0.4 is 5.32 Å². The minimum atomic E-state index is -4.32. The Balaban J connectivity index is 3.84. The van der Waals surface area contributed by atoms with Crippen molar-refractivity contribution in [2.75, 3.05) is 40.9 Å². The largest absolute Gasteiger partial charge is 0.472 e. The number of aliphatic hydroxyl groups excluding tert-OH is 1. The lowest BCUT2D eigenvalue weighted by atomic mass is 10.0. The van der Waals surface area contributed by atoms with Crippen LogP contribution in [0.5, 0.6) is 0 Å². The normalized spacial score (nSPS) is 14.3. The molecule has 0 saturated carbocycles. The number of carbonyl (C=O) groups excluding carboxylic acids is 1. The van der Waals surface area contributed by atoms with Crippen molar-refractivity contribution in [3.63, 3.8) is 0 Å². The number of carbonyl (C=O) groups is 1. The number of hydrogen-bond acceptors (Lipinski definition) is 5. The molecule has 0 saturated heterocycles. The van der Waals surface area contributed by atoms with Gasteiger partial charge in [0.05, 0.1) is 39.9 Å². The number of aliphatic hydroxyl groups is 1. The van der Waals surface area contributed by atoms with E-state index in [-0.39, 0.29) is 19.1 Å². The summed E-state index contributed by atoms with van der Waals surface area (Å²) in [5, 5.41) is 13.7. The molecule has 1 amide bonds. The minimum absolute atomic E-state index is 0.0637. The third kappa shape index (κ3) is 43.3. The van der Waals surface area contributed by atoms with Crippen LogP contribution >= 0.6 is 7.82 Å². The summed E-state index contributed by atoms with van der Waals surface area (Å²) in [6.45, 7) is 4.76. The van der Waals surface area contributed by atoms with Gasteiger partial charge in [-0.1, -0.05) is 231 Å². The molecule has 0 heterocycles. The summed E-state index contributed by atoms with van der Waals surface area (Å²) >= 11 is 0. The van der Waals surface area contributed by atoms with Gasteiger partial charge in [-0.2, -0.15) is 0 Å². The lowest BCUT2D eigenvalue weighted by Crippen LogP contribution is -2.45. The van der Waals surface area contributed by atoms with Crippen molar-refractivity contribution < 1.29 is 32.9 Å². The van der Waals surface area contributed by atoms with E-state index in [1.807, 2.05) is 27.2 Å². The molecule has 0 aromatic rings. The third-order valence-corrected chi connectivity index (χ3v) is 12.5. The molecule has 346 valence electrons. The van der Waals surface area contributed by atoms with Gasteiger partial charge < -0.3 is 19.8 Å². The van der Waals surface area contributed by atoms with Crippen LogP contribution in [0.3, 0.4) is 0 Å². The van der Waals surface area contributed by atoms with Gasteiger partial charge in [-0.25, -0.2) is 4.57 Å². The number of nitrogens with one attached hydrogen (secondary N) is 1. The Hall–Kier alpha value is -0.760. The fourth-order valence-corrected chi connectivity index (χ4v) is 8.25. The fourth-order valence-electron chi connectivity index (χ4n) is 7.51. The summed E-state index contributed by atoms with van der Waals surface area (Å²) in [5.74, 6) is -0.178. The molecule has 0 bridgehead atoms. The first-order valence-electron chi connectivity index (χ1n) is 25.1. The van der Waals surface area contributed by atoms with Gasteiger partial charge in [-0.15, -0.1) is 0 Å². The number of amides is 1. The van der Waals surface area contributed by atoms with Gasteiger partial charge in [0.2, 0.25) is 5.91 Å². The van der Waals surface area contributed by atoms with Gasteiger partial charge in [0.1, 0.15) is 13.2 Å². The van der Waals surface area contributed by atoms with E-state index in [0.29, 0.717) is 17.4 Å². The molecule has 8 nitrogen and oxygen atoms in total. The van der Waals surface area contributed by atoms with Crippen molar-refractivity contribution in [1.29, 1.82) is 0 Å². The summed E-state index contributed by atoms with van der Waals surface area (Å²) in [4.78, 5) is 23.0. The SMILES string of the molecule is CCCCCC/C=C/C(O)C(COP(=O)(O)OCC[N+](C)(C)C)NC(=O)CCCCCCCCCCCCCCCCCCCCCCCCCCCCCCCC. The summed E-state index contributed by atoms with van der Waals surface area (Å²) < 4.78 is 23.4. The monoisotopic (exact) mass is 844 g/mol. The second kappa shape index (κ2) is 41.6. The molecule has 3 unspecified atom stereocenters. The van der Waals surface area contributed by atoms with Gasteiger partial charge in [0.25, 0.3) is 0 Å². The van der Waals surface area contributed by atoms with E-state index in [1.165, 1.54) is 180 Å². The number of quaternary nitrogens is 1. The molecule has 58 heavy (non-hydrogen) atoms. The maximum absolute atomic E-state index is 12.8. The van der Waals surface area contributed by atoms with E-state index >= 15 is 0 Å². The minimum Gasteiger partial charge on any atom is -0.387 e. The Kier molecular flexibility index (Phi) is 41.0. The first-order valence-corrected chi connectivity index (χ1v) is 26.6. The molecule has 3 atom stereocenters. The highest BCUT2D eigenvalue weighted by Gasteiger charge is 2.27. The van der Waals surface area contributed by atoms with E-state index in [9.17, 15) is 19.4 Å². The van der Waals surface area contributed by atoms with Crippen LogP contribution in [0.25, 0.3) is 0 Å². The fraction of sp³-hybridized carbons (Fsp3) is 0.939. The van der Waals surface area contributed by atoms with E-state index in [1.54, 1.807) is 6.08 Å². The van der Waals surface area contributed by atoms with Gasteiger partial charge in [-0.05, 0) is 19.3 Å². The standard InChI is InChI=1S/C49H99N2O6P/c1-6-8-10-12-14-15-16-17-18-19-20-21-22-23-24-25-26-27-28-29-30-31-32-33-34-35-36-37-39-41-43-49(53)50-47(48(52)42-40-38-13-11-9-7-2)46-57-58(54,55)56-45-44-51(3,4)5/h40,42,47-48,52H,6-39,41,43-46H2,1-5H3,(H-,50,53,54,55)/p+1/b42-40+. The van der Waals surface area contributed by atoms with Crippen molar-refractivity contribution >= 4 is 13.7 Å². The third-order valence-electron chi connectivity index (χ3n) is 11.5. The Morgan fingerprint density at radius 1 is 0.569 bits per heavy atom. The second-order valence-corrected chi connectivity index (χ2v) is 20.0. The molecule has 0 rings (SSSR count). The number of nitrogens with zero attached hydrogens (tertiary/aromatic N) is 1. The molecule has 0 aliphatic carbocycles. The zero-order valence-electron chi connectivity index (χ0n) is 39.3. The Labute approximate surface area is 361 Å². The molecular weight excluding hydrogens is 744 g/mol. The molecule has 9 heteroatoms. The van der Waals surface area contributed by atoms with Crippen LogP contribution in [0.4, 0.5) is 0 Å². The van der Waals surface area contributed by atoms with Crippen molar-refractivity contribution in [3.05, 3.63) is 12.2 Å². The summed E-state index contributed by atoms with van der Waals surface area (Å²) in [7, 11) is 1.58. The van der Waals surface area contributed by atoms with Gasteiger partial charge in [0, 0.05) is 6.42 Å². The molecule has 0 spiro atoms. The lowest BCUT2D eigenvalue weighted by Gasteiger charge is -2.25. The molecule has 0 aliphatic heterocycles. The van der Waals surface area contributed by atoms with Gasteiger partial charge in [-0.3, -0.25) is 13.8 Å². The number of likely N-dealkylation sites (N-methyl/N-ethyl adjacent to an activating group) is 1. The van der Waals surface area contributed by atoms with Crippen molar-refractivity contribution in [1.82, 2.24) is 5.32 Å². The topological polar surface area (TPSA) is 105 Å². The van der Waals surface area contributed by atoms with Crippen LogP contribution in [0.15, 0.2) is 12.2 Å². The Bertz CT molecular complexity index is 958. The molecule has 0 aliphatic rings. The maximum atomic E-state index is 12.8. The van der Waals surface area contributed by atoms with Crippen LogP contribution in [-0.4, -0.2) is 73.4 Å². The van der Waals surface area contributed by atoms with E-state index in [2.05, 4.69) is 19.2 Å². The summed E-state index contributed by atoms with van der Waals surface area (Å²) in [6.07, 6.45) is 49.2. The Morgan fingerprint density at radius 2 is 0.914 bits per heavy atom. The van der Waals surface area contributed by atoms with Crippen molar-refractivity contribution in [2.24, 2.45) is 0 Å². The zero-order chi connectivity index (χ0) is 42.8. The highest BCUT2D eigenvalue weighted by Crippen LogP contribution is 2.43. The molecule has 0 aromatic carbocycles. The van der Waals surface area contributed by atoms with Crippen LogP contribution in [0.2, 0.25) is 0 Å². The van der Waals surface area contributed by atoms with Gasteiger partial charge >= 0.3 is 7.82 Å². The lowest BCUT2D eigenvalue weighted by molar-refractivity contribution is -0.870. The highest BCUT2D eigenvalue weighted by atomic mass is 31.2. The predicted octanol–water partition coefficient (Wildman–Crippen LogP) is 14.3. The molecular formula is C49H100N2O6P+. The molecule has 0 fully saturated rings. The second-order valence-electron chi connectivity index (χ2n) is 18.6. The van der Waals surface area contributed by atoms with Crippen LogP contribution in [0, 0.1) is 0 Å². The number of rotatable bonds is 46. The van der Waals surface area contributed by atoms with E-state index in [0.717, 1.165) is 44.9 Å². The maximum Gasteiger partial charge on any atom is 0.472 e. The number of phosphoric ester groups is 1.